The van der Waals surface area contributed by atoms with E-state index in [2.05, 4.69) is 4.72 Å². The smallest absolute Gasteiger partial charge is 0.301 e. The number of hydrogen-bond donors (Lipinski definition) is 2. The predicted molar refractivity (Wildman–Crippen MR) is 75.2 cm³/mol. The molecule has 2 N–H and O–H groups in total. The maximum absolute atomic E-state index is 12.3. The molecule has 0 radical (unpaired) electrons. The van der Waals surface area contributed by atoms with Gasteiger partial charge in [0.15, 0.2) is 0 Å². The molecule has 1 aliphatic heterocycles. The van der Waals surface area contributed by atoms with Crippen LogP contribution in [0.2, 0.25) is 0 Å². The van der Waals surface area contributed by atoms with Gasteiger partial charge in [0.05, 0.1) is 6.61 Å². The second kappa shape index (κ2) is 5.90. The van der Waals surface area contributed by atoms with E-state index in [4.69, 9.17) is 0 Å². The number of aryl methyl sites for hydroxylation is 1. The highest BCUT2D eigenvalue weighted by atomic mass is 32.2. The van der Waals surface area contributed by atoms with Crippen LogP contribution in [0.5, 0.6) is 0 Å². The summed E-state index contributed by atoms with van der Waals surface area (Å²) in [6, 6.07) is 6.89. The van der Waals surface area contributed by atoms with Gasteiger partial charge in [0.1, 0.15) is 0 Å². The van der Waals surface area contributed by atoms with Gasteiger partial charge in [-0.3, -0.25) is 4.72 Å². The highest BCUT2D eigenvalue weighted by molar-refractivity contribution is 7.90. The van der Waals surface area contributed by atoms with Crippen molar-refractivity contribution >= 4 is 15.9 Å². The zero-order valence-electron chi connectivity index (χ0n) is 11.0. The van der Waals surface area contributed by atoms with Crippen LogP contribution in [0.4, 0.5) is 5.69 Å². The Labute approximate surface area is 114 Å². The normalized spacial score (nSPS) is 21.3. The molecule has 0 saturated carbocycles. The van der Waals surface area contributed by atoms with Gasteiger partial charge in [-0.1, -0.05) is 24.1 Å². The third-order valence-corrected chi connectivity index (χ3v) is 4.98. The number of benzene rings is 1. The van der Waals surface area contributed by atoms with E-state index in [1.807, 2.05) is 19.1 Å². The molecule has 1 saturated heterocycles. The summed E-state index contributed by atoms with van der Waals surface area (Å²) in [4.78, 5) is 0. The minimum Gasteiger partial charge on any atom is -0.395 e. The van der Waals surface area contributed by atoms with Gasteiger partial charge in [-0.15, -0.1) is 0 Å². The summed E-state index contributed by atoms with van der Waals surface area (Å²) in [6.07, 6.45) is 2.51. The van der Waals surface area contributed by atoms with Crippen molar-refractivity contribution < 1.29 is 13.5 Å². The Morgan fingerprint density at radius 1 is 1.32 bits per heavy atom. The van der Waals surface area contributed by atoms with E-state index in [0.717, 1.165) is 18.4 Å². The average Bonchev–Trinajstić information content (AvgIpc) is 2.41. The van der Waals surface area contributed by atoms with Gasteiger partial charge in [-0.2, -0.15) is 12.7 Å². The molecule has 2 rings (SSSR count). The van der Waals surface area contributed by atoms with Crippen molar-refractivity contribution in [3.63, 3.8) is 0 Å². The van der Waals surface area contributed by atoms with Crippen molar-refractivity contribution in [2.45, 2.75) is 32.2 Å². The molecule has 0 amide bonds. The molecule has 1 unspecified atom stereocenters. The third kappa shape index (κ3) is 3.46. The largest absolute Gasteiger partial charge is 0.395 e. The lowest BCUT2D eigenvalue weighted by atomic mass is 10.1. The summed E-state index contributed by atoms with van der Waals surface area (Å²) >= 11 is 0. The van der Waals surface area contributed by atoms with Gasteiger partial charge in [-0.05, 0) is 31.9 Å². The topological polar surface area (TPSA) is 69.6 Å². The zero-order chi connectivity index (χ0) is 13.9. The molecule has 1 aliphatic rings. The monoisotopic (exact) mass is 284 g/mol. The fourth-order valence-electron chi connectivity index (χ4n) is 2.30. The van der Waals surface area contributed by atoms with Crippen LogP contribution in [0.3, 0.4) is 0 Å². The molecule has 1 aromatic carbocycles. The molecule has 6 heteroatoms. The summed E-state index contributed by atoms with van der Waals surface area (Å²) in [6.45, 7) is 2.28. The van der Waals surface area contributed by atoms with E-state index < -0.39 is 10.2 Å². The van der Waals surface area contributed by atoms with Crippen LogP contribution in [0.1, 0.15) is 24.8 Å². The molecule has 1 aromatic rings. The van der Waals surface area contributed by atoms with Gasteiger partial charge in [0, 0.05) is 18.3 Å². The summed E-state index contributed by atoms with van der Waals surface area (Å²) in [7, 11) is -3.59. The number of nitrogens with zero attached hydrogens (tertiary/aromatic N) is 1. The van der Waals surface area contributed by atoms with E-state index in [1.54, 1.807) is 12.1 Å². The molecule has 1 atom stereocenters. The highest BCUT2D eigenvalue weighted by Gasteiger charge is 2.31. The number of piperidine rings is 1. The average molecular weight is 284 g/mol. The molecule has 0 bridgehead atoms. The van der Waals surface area contributed by atoms with Crippen molar-refractivity contribution in [3.8, 4) is 0 Å². The fraction of sp³-hybridized carbons (Fsp3) is 0.538. The number of nitrogens with one attached hydrogen (secondary N) is 1. The van der Waals surface area contributed by atoms with Gasteiger partial charge >= 0.3 is 10.2 Å². The SMILES string of the molecule is Cc1ccc(NS(=O)(=O)N2CCCCC2CO)cc1. The van der Waals surface area contributed by atoms with Crippen LogP contribution in [0, 0.1) is 6.92 Å². The van der Waals surface area contributed by atoms with Gasteiger partial charge < -0.3 is 5.11 Å². The first-order valence-electron chi connectivity index (χ1n) is 6.50. The van der Waals surface area contributed by atoms with Crippen LogP contribution in [-0.2, 0) is 10.2 Å². The first-order chi connectivity index (χ1) is 9.03. The molecular weight excluding hydrogens is 264 g/mol. The Morgan fingerprint density at radius 3 is 2.63 bits per heavy atom. The van der Waals surface area contributed by atoms with Crippen LogP contribution in [0.25, 0.3) is 0 Å². The highest BCUT2D eigenvalue weighted by Crippen LogP contribution is 2.21. The lowest BCUT2D eigenvalue weighted by molar-refractivity contribution is 0.156. The van der Waals surface area contributed by atoms with E-state index in [-0.39, 0.29) is 12.6 Å². The summed E-state index contributed by atoms with van der Waals surface area (Å²) in [5, 5.41) is 9.29. The summed E-state index contributed by atoms with van der Waals surface area (Å²) in [5.74, 6) is 0. The van der Waals surface area contributed by atoms with Gasteiger partial charge in [0.25, 0.3) is 0 Å². The van der Waals surface area contributed by atoms with Crippen molar-refractivity contribution in [2.24, 2.45) is 0 Å². The number of aliphatic hydroxyl groups excluding tert-OH is 1. The molecule has 0 spiro atoms. The molecule has 19 heavy (non-hydrogen) atoms. The van der Waals surface area contributed by atoms with E-state index in [0.29, 0.717) is 18.7 Å². The Hall–Kier alpha value is -1.11. The minimum absolute atomic E-state index is 0.130. The Balaban J connectivity index is 2.14. The van der Waals surface area contributed by atoms with E-state index >= 15 is 0 Å². The molecule has 1 fully saturated rings. The molecule has 0 aliphatic carbocycles. The van der Waals surface area contributed by atoms with E-state index in [9.17, 15) is 13.5 Å². The standard InChI is InChI=1S/C13H20N2O3S/c1-11-5-7-12(8-6-11)14-19(17,18)15-9-3-2-4-13(15)10-16/h5-8,13-14,16H,2-4,9-10H2,1H3. The Kier molecular flexibility index (Phi) is 4.44. The van der Waals surface area contributed by atoms with Crippen molar-refractivity contribution in [1.82, 2.24) is 4.31 Å². The van der Waals surface area contributed by atoms with Crippen LogP contribution in [0.15, 0.2) is 24.3 Å². The van der Waals surface area contributed by atoms with Crippen LogP contribution < -0.4 is 4.72 Å². The zero-order valence-corrected chi connectivity index (χ0v) is 11.9. The molecule has 106 valence electrons. The van der Waals surface area contributed by atoms with Crippen LogP contribution >= 0.6 is 0 Å². The molecular formula is C13H20N2O3S. The Morgan fingerprint density at radius 2 is 2.00 bits per heavy atom. The van der Waals surface area contributed by atoms with Gasteiger partial charge in [0.2, 0.25) is 0 Å². The quantitative estimate of drug-likeness (QED) is 0.880. The number of hydrogen-bond acceptors (Lipinski definition) is 3. The summed E-state index contributed by atoms with van der Waals surface area (Å²) in [5.41, 5.74) is 1.63. The van der Waals surface area contributed by atoms with Crippen molar-refractivity contribution in [3.05, 3.63) is 29.8 Å². The van der Waals surface area contributed by atoms with E-state index in [1.165, 1.54) is 4.31 Å². The first-order valence-corrected chi connectivity index (χ1v) is 7.94. The lowest BCUT2D eigenvalue weighted by Gasteiger charge is -2.33. The molecule has 5 nitrogen and oxygen atoms in total. The Bertz CT molecular complexity index is 513. The first kappa shape index (κ1) is 14.3. The van der Waals surface area contributed by atoms with Crippen molar-refractivity contribution in [2.75, 3.05) is 17.9 Å². The van der Waals surface area contributed by atoms with Gasteiger partial charge in [-0.25, -0.2) is 0 Å². The summed E-state index contributed by atoms with van der Waals surface area (Å²) < 4.78 is 28.6. The maximum atomic E-state index is 12.3. The second-order valence-corrected chi connectivity index (χ2v) is 6.54. The lowest BCUT2D eigenvalue weighted by Crippen LogP contribution is -2.47. The minimum atomic E-state index is -3.59. The second-order valence-electron chi connectivity index (χ2n) is 4.92. The molecule has 1 heterocycles. The predicted octanol–water partition coefficient (Wildman–Crippen LogP) is 1.50. The number of anilines is 1. The fourth-order valence-corrected chi connectivity index (χ4v) is 3.79. The van der Waals surface area contributed by atoms with Crippen LogP contribution in [-0.4, -0.2) is 37.0 Å². The van der Waals surface area contributed by atoms with Crippen molar-refractivity contribution in [1.29, 1.82) is 0 Å². The number of rotatable bonds is 4. The number of aliphatic hydroxyl groups is 1. The maximum Gasteiger partial charge on any atom is 0.301 e. The molecule has 0 aromatic heterocycles. The third-order valence-electron chi connectivity index (χ3n) is 3.39.